The number of aryl methyl sites for hydroxylation is 1. The van der Waals surface area contributed by atoms with E-state index in [-0.39, 0.29) is 24.2 Å². The molecule has 38 heavy (non-hydrogen) atoms. The smallest absolute Gasteiger partial charge is 0.254 e. The number of hydrogen-bond acceptors (Lipinski definition) is 4. The molecule has 0 saturated heterocycles. The SMILES string of the molecule is CCCCCCc1ccc(C(=O)N(CCCOC)CC(=O)N(Cc2ccc(F)cc2)Cc2cccs2)cc1. The zero-order valence-corrected chi connectivity index (χ0v) is 23.4. The quantitative estimate of drug-likeness (QED) is 0.190. The molecule has 7 heteroatoms. The molecule has 0 radical (unpaired) electrons. The van der Waals surface area contributed by atoms with Crippen LogP contribution in [0.1, 0.15) is 65.4 Å². The second-order valence-corrected chi connectivity index (χ2v) is 10.6. The van der Waals surface area contributed by atoms with Gasteiger partial charge in [-0.1, -0.05) is 56.5 Å². The number of hydrogen-bond donors (Lipinski definition) is 0. The summed E-state index contributed by atoms with van der Waals surface area (Å²) >= 11 is 1.58. The predicted octanol–water partition coefficient (Wildman–Crippen LogP) is 6.72. The van der Waals surface area contributed by atoms with Crippen molar-refractivity contribution in [3.63, 3.8) is 0 Å². The fourth-order valence-corrected chi connectivity index (χ4v) is 5.02. The number of unbranched alkanes of at least 4 members (excludes halogenated alkanes) is 3. The number of carbonyl (C=O) groups is 2. The van der Waals surface area contributed by atoms with Crippen LogP contribution in [0.5, 0.6) is 0 Å². The van der Waals surface area contributed by atoms with Crippen LogP contribution >= 0.6 is 11.3 Å². The topological polar surface area (TPSA) is 49.9 Å². The Kier molecular flexibility index (Phi) is 12.5. The highest BCUT2D eigenvalue weighted by molar-refractivity contribution is 7.09. The van der Waals surface area contributed by atoms with E-state index in [1.54, 1.807) is 40.4 Å². The van der Waals surface area contributed by atoms with Crippen molar-refractivity contribution in [2.24, 2.45) is 0 Å². The fourth-order valence-electron chi connectivity index (χ4n) is 4.30. The van der Waals surface area contributed by atoms with Crippen molar-refractivity contribution in [1.82, 2.24) is 9.80 Å². The van der Waals surface area contributed by atoms with Crippen LogP contribution in [0, 0.1) is 5.82 Å². The molecule has 0 fully saturated rings. The molecule has 0 unspecified atom stereocenters. The second kappa shape index (κ2) is 16.0. The summed E-state index contributed by atoms with van der Waals surface area (Å²) in [5.41, 5.74) is 2.64. The largest absolute Gasteiger partial charge is 0.385 e. The Morgan fingerprint density at radius 2 is 1.61 bits per heavy atom. The average molecular weight is 539 g/mol. The second-order valence-electron chi connectivity index (χ2n) is 9.54. The average Bonchev–Trinajstić information content (AvgIpc) is 3.44. The Morgan fingerprint density at radius 1 is 0.868 bits per heavy atom. The maximum absolute atomic E-state index is 13.6. The molecule has 0 N–H and O–H groups in total. The van der Waals surface area contributed by atoms with Crippen LogP contribution in [0.4, 0.5) is 4.39 Å². The number of ether oxygens (including phenoxy) is 1. The fraction of sp³-hybridized carbons (Fsp3) is 0.419. The molecule has 0 atom stereocenters. The molecule has 0 aliphatic carbocycles. The molecule has 2 aromatic carbocycles. The molecular formula is C31H39FN2O3S. The van der Waals surface area contributed by atoms with Crippen molar-refractivity contribution in [1.29, 1.82) is 0 Å². The molecule has 2 amide bonds. The first-order valence-corrected chi connectivity index (χ1v) is 14.3. The van der Waals surface area contributed by atoms with E-state index in [1.807, 2.05) is 41.8 Å². The van der Waals surface area contributed by atoms with Gasteiger partial charge in [0.15, 0.2) is 0 Å². The van der Waals surface area contributed by atoms with Gasteiger partial charge in [-0.05, 0) is 66.1 Å². The first kappa shape index (κ1) is 29.5. The zero-order valence-electron chi connectivity index (χ0n) is 22.5. The lowest BCUT2D eigenvalue weighted by Gasteiger charge is -2.28. The van der Waals surface area contributed by atoms with E-state index in [4.69, 9.17) is 4.74 Å². The molecule has 1 heterocycles. The number of nitrogens with zero attached hydrogens (tertiary/aromatic N) is 2. The summed E-state index contributed by atoms with van der Waals surface area (Å²) in [6, 6.07) is 17.9. The molecule has 0 bridgehead atoms. The van der Waals surface area contributed by atoms with Crippen LogP contribution in [0.15, 0.2) is 66.0 Å². The third-order valence-corrected chi connectivity index (χ3v) is 7.34. The number of benzene rings is 2. The van der Waals surface area contributed by atoms with Crippen molar-refractivity contribution < 1.29 is 18.7 Å². The van der Waals surface area contributed by atoms with Crippen LogP contribution in [-0.2, 0) is 29.0 Å². The van der Waals surface area contributed by atoms with E-state index in [1.165, 1.54) is 37.0 Å². The maximum atomic E-state index is 13.6. The van der Waals surface area contributed by atoms with E-state index in [0.717, 1.165) is 23.3 Å². The number of amides is 2. The molecule has 0 spiro atoms. The highest BCUT2D eigenvalue weighted by Crippen LogP contribution is 2.17. The van der Waals surface area contributed by atoms with Crippen molar-refractivity contribution >= 4 is 23.2 Å². The summed E-state index contributed by atoms with van der Waals surface area (Å²) in [6.45, 7) is 3.86. The Bertz CT molecular complexity index is 1100. The number of rotatable bonds is 16. The van der Waals surface area contributed by atoms with Crippen LogP contribution in [0.3, 0.4) is 0 Å². The monoisotopic (exact) mass is 538 g/mol. The van der Waals surface area contributed by atoms with Crippen LogP contribution in [0.25, 0.3) is 0 Å². The molecular weight excluding hydrogens is 499 g/mol. The summed E-state index contributed by atoms with van der Waals surface area (Å²) < 4.78 is 18.6. The minimum absolute atomic E-state index is 0.0338. The first-order valence-electron chi connectivity index (χ1n) is 13.4. The van der Waals surface area contributed by atoms with E-state index in [0.29, 0.717) is 38.2 Å². The van der Waals surface area contributed by atoms with Crippen molar-refractivity contribution in [3.8, 4) is 0 Å². The Balaban J connectivity index is 1.72. The van der Waals surface area contributed by atoms with Gasteiger partial charge >= 0.3 is 0 Å². The molecule has 0 aliphatic heterocycles. The van der Waals surface area contributed by atoms with Gasteiger partial charge in [-0.3, -0.25) is 9.59 Å². The summed E-state index contributed by atoms with van der Waals surface area (Å²) in [4.78, 5) is 31.5. The molecule has 3 rings (SSSR count). The van der Waals surface area contributed by atoms with Gasteiger partial charge in [-0.2, -0.15) is 0 Å². The Hall–Kier alpha value is -3.03. The van der Waals surface area contributed by atoms with Gasteiger partial charge in [-0.25, -0.2) is 4.39 Å². The lowest BCUT2D eigenvalue weighted by molar-refractivity contribution is -0.133. The van der Waals surface area contributed by atoms with E-state index >= 15 is 0 Å². The van der Waals surface area contributed by atoms with Crippen LogP contribution < -0.4 is 0 Å². The normalized spacial score (nSPS) is 10.9. The van der Waals surface area contributed by atoms with Gasteiger partial charge in [0.1, 0.15) is 12.4 Å². The highest BCUT2D eigenvalue weighted by Gasteiger charge is 2.23. The number of halogens is 1. The van der Waals surface area contributed by atoms with Crippen LogP contribution in [0.2, 0.25) is 0 Å². The Morgan fingerprint density at radius 3 is 2.26 bits per heavy atom. The highest BCUT2D eigenvalue weighted by atomic mass is 32.1. The first-order chi connectivity index (χ1) is 18.5. The zero-order chi connectivity index (χ0) is 27.2. The maximum Gasteiger partial charge on any atom is 0.254 e. The van der Waals surface area contributed by atoms with Gasteiger partial charge in [-0.15, -0.1) is 11.3 Å². The number of methoxy groups -OCH3 is 1. The van der Waals surface area contributed by atoms with Crippen molar-refractivity contribution in [3.05, 3.63) is 93.4 Å². The minimum atomic E-state index is -0.313. The lowest BCUT2D eigenvalue weighted by atomic mass is 10.0. The summed E-state index contributed by atoms with van der Waals surface area (Å²) in [5, 5.41) is 1.98. The van der Waals surface area contributed by atoms with Gasteiger partial charge in [0.05, 0.1) is 6.54 Å². The van der Waals surface area contributed by atoms with Crippen molar-refractivity contribution in [2.75, 3.05) is 26.8 Å². The van der Waals surface area contributed by atoms with Crippen LogP contribution in [-0.4, -0.2) is 48.4 Å². The lowest BCUT2D eigenvalue weighted by Crippen LogP contribution is -2.43. The number of carbonyl (C=O) groups excluding carboxylic acids is 2. The molecule has 0 saturated carbocycles. The van der Waals surface area contributed by atoms with E-state index < -0.39 is 0 Å². The van der Waals surface area contributed by atoms with Gasteiger partial charge in [0.2, 0.25) is 5.91 Å². The summed E-state index contributed by atoms with van der Waals surface area (Å²) in [7, 11) is 1.63. The summed E-state index contributed by atoms with van der Waals surface area (Å²) in [6.07, 6.45) is 6.45. The third-order valence-electron chi connectivity index (χ3n) is 6.48. The van der Waals surface area contributed by atoms with E-state index in [9.17, 15) is 14.0 Å². The predicted molar refractivity (Wildman–Crippen MR) is 152 cm³/mol. The third kappa shape index (κ3) is 9.69. The molecule has 3 aromatic rings. The molecule has 0 aliphatic rings. The van der Waals surface area contributed by atoms with E-state index in [2.05, 4.69) is 6.92 Å². The molecule has 5 nitrogen and oxygen atoms in total. The summed E-state index contributed by atoms with van der Waals surface area (Å²) in [5.74, 6) is -0.627. The number of thiophene rings is 1. The Labute approximate surface area is 230 Å². The standard InChI is InChI=1S/C31H39FN2O3S/c1-3-4-5-6-9-25-11-15-27(16-12-25)31(36)33(19-8-20-37-2)24-30(35)34(23-29-10-7-21-38-29)22-26-13-17-28(32)18-14-26/h7,10-18,21H,3-6,8-9,19-20,22-24H2,1-2H3. The van der Waals surface area contributed by atoms with Gasteiger partial charge in [0, 0.05) is 37.2 Å². The van der Waals surface area contributed by atoms with Crippen molar-refractivity contribution in [2.45, 2.75) is 58.5 Å². The molecule has 1 aromatic heterocycles. The van der Waals surface area contributed by atoms with Gasteiger partial charge in [0.25, 0.3) is 5.91 Å². The molecule has 204 valence electrons. The van der Waals surface area contributed by atoms with Gasteiger partial charge < -0.3 is 14.5 Å². The minimum Gasteiger partial charge on any atom is -0.385 e.